The van der Waals surface area contributed by atoms with Gasteiger partial charge in [0.25, 0.3) is 5.91 Å². The summed E-state index contributed by atoms with van der Waals surface area (Å²) in [5.41, 5.74) is 4.37. The molecule has 4 heteroatoms. The molecule has 1 aliphatic rings. The van der Waals surface area contributed by atoms with Crippen molar-refractivity contribution in [2.45, 2.75) is 12.5 Å². The molecule has 0 radical (unpaired) electrons. The van der Waals surface area contributed by atoms with E-state index < -0.39 is 11.9 Å². The molecule has 1 N–H and O–H groups in total. The first-order chi connectivity index (χ1) is 15.2. The minimum absolute atomic E-state index is 0.323. The zero-order chi connectivity index (χ0) is 21.2. The minimum Gasteiger partial charge on any atom is -0.492 e. The van der Waals surface area contributed by atoms with Crippen LogP contribution < -0.4 is 0 Å². The molecule has 4 nitrogen and oxygen atoms in total. The molecule has 150 valence electrons. The molecular formula is C27H20N2O2. The largest absolute Gasteiger partial charge is 0.492 e. The van der Waals surface area contributed by atoms with E-state index in [2.05, 4.69) is 22.1 Å². The lowest BCUT2D eigenvalue weighted by molar-refractivity contribution is -0.119. The van der Waals surface area contributed by atoms with Crippen molar-refractivity contribution in [2.75, 3.05) is 0 Å². The molecule has 1 atom stereocenters. The lowest BCUT2D eigenvalue weighted by Gasteiger charge is -2.17. The zero-order valence-electron chi connectivity index (χ0n) is 16.8. The molecule has 4 aromatic rings. The monoisotopic (exact) mass is 404 g/mol. The van der Waals surface area contributed by atoms with Gasteiger partial charge in [0.05, 0.1) is 0 Å². The third-order valence-electron chi connectivity index (χ3n) is 5.51. The number of carbonyl (C=O) groups is 1. The van der Waals surface area contributed by atoms with Gasteiger partial charge in [0.2, 0.25) is 5.90 Å². The highest BCUT2D eigenvalue weighted by molar-refractivity contribution is 6.47. The second kappa shape index (κ2) is 8.00. The number of amides is 1. The van der Waals surface area contributed by atoms with Gasteiger partial charge >= 0.3 is 0 Å². The van der Waals surface area contributed by atoms with Crippen LogP contribution in [0.5, 0.6) is 0 Å². The van der Waals surface area contributed by atoms with Crippen molar-refractivity contribution in [2.24, 2.45) is 9.98 Å². The molecule has 31 heavy (non-hydrogen) atoms. The topological polar surface area (TPSA) is 62.0 Å². The Morgan fingerprint density at radius 2 is 1.35 bits per heavy atom. The molecular weight excluding hydrogens is 384 g/mol. The zero-order valence-corrected chi connectivity index (χ0v) is 16.8. The number of benzene rings is 4. The molecule has 0 saturated carbocycles. The van der Waals surface area contributed by atoms with Gasteiger partial charge in [-0.2, -0.15) is 4.99 Å². The number of nitrogens with zero attached hydrogens (tertiary/aromatic N) is 2. The van der Waals surface area contributed by atoms with Crippen LogP contribution in [0.2, 0.25) is 0 Å². The van der Waals surface area contributed by atoms with E-state index >= 15 is 0 Å². The fraction of sp³-hybridized carbons (Fsp3) is 0.0741. The number of carbonyl (C=O) groups excluding carboxylic acids is 1. The number of aliphatic hydroxyl groups is 1. The Hall–Kier alpha value is -4.05. The van der Waals surface area contributed by atoms with Crippen LogP contribution in [-0.2, 0) is 11.2 Å². The van der Waals surface area contributed by atoms with Crippen LogP contribution in [0, 0.1) is 0 Å². The maximum Gasteiger partial charge on any atom is 0.274 e. The number of aliphatic imine (C=N–C) groups is 2. The maximum absolute atomic E-state index is 12.4. The van der Waals surface area contributed by atoms with Gasteiger partial charge in [-0.1, -0.05) is 91.0 Å². The standard InChI is InChI=1S/C27H20N2O2/c30-26-24(16-18-10-12-21(13-11-18)19-6-2-1-3-7-19)28-25(27(31)29-26)23-15-14-20-8-4-5-9-22(20)17-23/h1-15,17,24H,16H2,(H,29,30,31). The second-order valence-electron chi connectivity index (χ2n) is 7.60. The Morgan fingerprint density at radius 3 is 2.13 bits per heavy atom. The van der Waals surface area contributed by atoms with Crippen LogP contribution in [0.25, 0.3) is 21.9 Å². The molecule has 4 aromatic carbocycles. The summed E-state index contributed by atoms with van der Waals surface area (Å²) in [6.07, 6.45) is 0.432. The predicted octanol–water partition coefficient (Wildman–Crippen LogP) is 5.40. The van der Waals surface area contributed by atoms with Crippen molar-refractivity contribution in [1.29, 1.82) is 0 Å². The Labute approximate surface area is 180 Å². The van der Waals surface area contributed by atoms with Crippen LogP contribution in [-0.4, -0.2) is 28.7 Å². The molecule has 0 fully saturated rings. The predicted molar refractivity (Wildman–Crippen MR) is 125 cm³/mol. The Balaban J connectivity index is 1.42. The second-order valence-corrected chi connectivity index (χ2v) is 7.60. The summed E-state index contributed by atoms with van der Waals surface area (Å²) in [4.78, 5) is 20.9. The maximum atomic E-state index is 12.4. The lowest BCUT2D eigenvalue weighted by atomic mass is 9.99. The van der Waals surface area contributed by atoms with Crippen molar-refractivity contribution in [3.05, 3.63) is 108 Å². The third kappa shape index (κ3) is 3.88. The Kier molecular flexibility index (Phi) is 4.89. The highest BCUT2D eigenvalue weighted by Crippen LogP contribution is 2.22. The average molecular weight is 404 g/mol. The van der Waals surface area contributed by atoms with E-state index in [9.17, 15) is 9.90 Å². The number of fused-ring (bicyclic) bond motifs is 1. The number of hydrogen-bond donors (Lipinski definition) is 1. The van der Waals surface area contributed by atoms with E-state index in [-0.39, 0.29) is 5.90 Å². The highest BCUT2D eigenvalue weighted by Gasteiger charge is 2.27. The molecule has 0 spiro atoms. The Morgan fingerprint density at radius 1 is 0.710 bits per heavy atom. The molecule has 0 saturated heterocycles. The van der Waals surface area contributed by atoms with Gasteiger partial charge in [-0.15, -0.1) is 0 Å². The van der Waals surface area contributed by atoms with E-state index in [4.69, 9.17) is 0 Å². The number of aliphatic hydroxyl groups excluding tert-OH is 1. The molecule has 1 heterocycles. The van der Waals surface area contributed by atoms with Gasteiger partial charge in [-0.3, -0.25) is 9.79 Å². The normalized spacial score (nSPS) is 16.1. The third-order valence-corrected chi connectivity index (χ3v) is 5.51. The van der Waals surface area contributed by atoms with E-state index in [0.29, 0.717) is 12.1 Å². The summed E-state index contributed by atoms with van der Waals surface area (Å²) < 4.78 is 0. The fourth-order valence-electron chi connectivity index (χ4n) is 3.86. The van der Waals surface area contributed by atoms with Crippen LogP contribution >= 0.6 is 0 Å². The smallest absolute Gasteiger partial charge is 0.274 e. The first-order valence-electron chi connectivity index (χ1n) is 10.2. The van der Waals surface area contributed by atoms with Crippen LogP contribution in [0.4, 0.5) is 0 Å². The fourth-order valence-corrected chi connectivity index (χ4v) is 3.86. The van der Waals surface area contributed by atoms with Crippen LogP contribution in [0.15, 0.2) is 107 Å². The lowest BCUT2D eigenvalue weighted by Crippen LogP contribution is -2.31. The number of rotatable bonds is 4. The van der Waals surface area contributed by atoms with Crippen LogP contribution in [0.1, 0.15) is 11.1 Å². The molecule has 1 aliphatic heterocycles. The highest BCUT2D eigenvalue weighted by atomic mass is 16.3. The van der Waals surface area contributed by atoms with Crippen molar-refractivity contribution in [3.8, 4) is 11.1 Å². The van der Waals surface area contributed by atoms with E-state index in [1.807, 2.05) is 84.9 Å². The van der Waals surface area contributed by atoms with Crippen molar-refractivity contribution >= 4 is 28.3 Å². The van der Waals surface area contributed by atoms with Gasteiger partial charge in [0.1, 0.15) is 11.8 Å². The summed E-state index contributed by atoms with van der Waals surface area (Å²) in [7, 11) is 0. The van der Waals surface area contributed by atoms with E-state index in [1.54, 1.807) is 0 Å². The van der Waals surface area contributed by atoms with Gasteiger partial charge in [-0.05, 0) is 33.5 Å². The summed E-state index contributed by atoms with van der Waals surface area (Å²) in [6.45, 7) is 0. The van der Waals surface area contributed by atoms with Crippen molar-refractivity contribution < 1.29 is 9.90 Å². The minimum atomic E-state index is -0.653. The first-order valence-corrected chi connectivity index (χ1v) is 10.2. The molecule has 0 aliphatic carbocycles. The SMILES string of the molecule is O=C1N=C(O)C(c2ccc3ccccc3c2)=NC1Cc1ccc(-c2ccccc2)cc1. The van der Waals surface area contributed by atoms with Gasteiger partial charge < -0.3 is 5.11 Å². The molecule has 1 amide bonds. The van der Waals surface area contributed by atoms with Crippen molar-refractivity contribution in [3.63, 3.8) is 0 Å². The quantitative estimate of drug-likeness (QED) is 0.495. The van der Waals surface area contributed by atoms with Gasteiger partial charge in [0.15, 0.2) is 0 Å². The van der Waals surface area contributed by atoms with Crippen molar-refractivity contribution in [1.82, 2.24) is 0 Å². The Bertz CT molecular complexity index is 1320. The summed E-state index contributed by atoms with van der Waals surface area (Å²) >= 11 is 0. The summed E-state index contributed by atoms with van der Waals surface area (Å²) in [5, 5.41) is 12.5. The molecule has 0 aromatic heterocycles. The van der Waals surface area contributed by atoms with Gasteiger partial charge in [-0.25, -0.2) is 0 Å². The van der Waals surface area contributed by atoms with E-state index in [1.165, 1.54) is 0 Å². The molecule has 5 rings (SSSR count). The molecule has 0 bridgehead atoms. The molecule has 1 unspecified atom stereocenters. The summed E-state index contributed by atoms with van der Waals surface area (Å²) in [6, 6.07) is 31.4. The van der Waals surface area contributed by atoms with Crippen LogP contribution in [0.3, 0.4) is 0 Å². The summed E-state index contributed by atoms with van der Waals surface area (Å²) in [5.74, 6) is -0.745. The average Bonchev–Trinajstić information content (AvgIpc) is 2.81. The number of hydrogen-bond acceptors (Lipinski definition) is 2. The van der Waals surface area contributed by atoms with Gasteiger partial charge in [0, 0.05) is 12.0 Å². The van der Waals surface area contributed by atoms with E-state index in [0.717, 1.165) is 33.0 Å². The first kappa shape index (κ1) is 18.9.